The van der Waals surface area contributed by atoms with Crippen LogP contribution in [0, 0.1) is 6.92 Å². The minimum Gasteiger partial charge on any atom is -0.465 e. The summed E-state index contributed by atoms with van der Waals surface area (Å²) in [4.78, 5) is 0. The summed E-state index contributed by atoms with van der Waals surface area (Å²) in [5.41, 5.74) is 0. The van der Waals surface area contributed by atoms with Gasteiger partial charge in [0, 0.05) is 13.1 Å². The van der Waals surface area contributed by atoms with Crippen LogP contribution < -0.4 is 10.6 Å². The van der Waals surface area contributed by atoms with E-state index in [1.807, 2.05) is 19.1 Å². The van der Waals surface area contributed by atoms with E-state index >= 15 is 0 Å². The highest BCUT2D eigenvalue weighted by atomic mass is 16.3. The van der Waals surface area contributed by atoms with Crippen molar-refractivity contribution in [2.45, 2.75) is 20.4 Å². The topological polar surface area (TPSA) is 37.2 Å². The molecule has 13 heavy (non-hydrogen) atoms. The summed E-state index contributed by atoms with van der Waals surface area (Å²) in [6, 6.07) is 4.00. The summed E-state index contributed by atoms with van der Waals surface area (Å²) >= 11 is 0. The van der Waals surface area contributed by atoms with E-state index in [4.69, 9.17) is 4.42 Å². The minimum absolute atomic E-state index is 0.819. The second-order valence-electron chi connectivity index (χ2n) is 3.04. The zero-order chi connectivity index (χ0) is 9.52. The first-order valence-corrected chi connectivity index (χ1v) is 4.79. The second kappa shape index (κ2) is 5.78. The van der Waals surface area contributed by atoms with Crippen LogP contribution in [0.4, 0.5) is 0 Å². The van der Waals surface area contributed by atoms with Crippen LogP contribution in [-0.2, 0) is 6.54 Å². The van der Waals surface area contributed by atoms with E-state index < -0.39 is 0 Å². The molecule has 0 aliphatic rings. The van der Waals surface area contributed by atoms with Crippen molar-refractivity contribution in [2.24, 2.45) is 0 Å². The van der Waals surface area contributed by atoms with Crippen LogP contribution in [0.15, 0.2) is 16.5 Å². The van der Waals surface area contributed by atoms with Crippen molar-refractivity contribution >= 4 is 0 Å². The third-order valence-electron chi connectivity index (χ3n) is 1.82. The Balaban J connectivity index is 2.06. The normalized spacial score (nSPS) is 10.6. The van der Waals surface area contributed by atoms with Crippen LogP contribution in [-0.4, -0.2) is 19.6 Å². The zero-order valence-corrected chi connectivity index (χ0v) is 8.39. The standard InChI is InChI=1S/C10H18N2O/c1-3-11-6-7-12-8-10-5-4-9(2)13-10/h4-5,11-12H,3,6-8H2,1-2H3. The number of hydrogen-bond acceptors (Lipinski definition) is 3. The fourth-order valence-electron chi connectivity index (χ4n) is 1.15. The first kappa shape index (κ1) is 10.3. The highest BCUT2D eigenvalue weighted by Gasteiger charge is 1.96. The molecule has 0 aliphatic heterocycles. The maximum Gasteiger partial charge on any atom is 0.117 e. The van der Waals surface area contributed by atoms with E-state index in [1.54, 1.807) is 0 Å². The fraction of sp³-hybridized carbons (Fsp3) is 0.600. The monoisotopic (exact) mass is 182 g/mol. The molecule has 0 atom stereocenters. The molecule has 0 unspecified atom stereocenters. The van der Waals surface area contributed by atoms with Gasteiger partial charge in [-0.25, -0.2) is 0 Å². The molecule has 74 valence electrons. The number of likely N-dealkylation sites (N-methyl/N-ethyl adjacent to an activating group) is 1. The maximum absolute atomic E-state index is 5.41. The molecule has 0 aromatic carbocycles. The molecule has 3 heteroatoms. The molecule has 0 aliphatic carbocycles. The van der Waals surface area contributed by atoms with E-state index in [-0.39, 0.29) is 0 Å². The van der Waals surface area contributed by atoms with Crippen LogP contribution in [0.25, 0.3) is 0 Å². The van der Waals surface area contributed by atoms with E-state index in [2.05, 4.69) is 17.6 Å². The summed E-state index contributed by atoms with van der Waals surface area (Å²) in [6.45, 7) is 7.91. The molecule has 0 fully saturated rings. The fourth-order valence-corrected chi connectivity index (χ4v) is 1.15. The third kappa shape index (κ3) is 4.10. The van der Waals surface area contributed by atoms with Crippen LogP contribution in [0.2, 0.25) is 0 Å². The van der Waals surface area contributed by atoms with Crippen LogP contribution in [0.5, 0.6) is 0 Å². The van der Waals surface area contributed by atoms with E-state index in [0.29, 0.717) is 0 Å². The van der Waals surface area contributed by atoms with Crippen LogP contribution in [0.3, 0.4) is 0 Å². The number of nitrogens with one attached hydrogen (secondary N) is 2. The Morgan fingerprint density at radius 3 is 2.62 bits per heavy atom. The first-order valence-electron chi connectivity index (χ1n) is 4.79. The molecule has 0 radical (unpaired) electrons. The summed E-state index contributed by atoms with van der Waals surface area (Å²) in [6.07, 6.45) is 0. The van der Waals surface area contributed by atoms with Gasteiger partial charge in [-0.15, -0.1) is 0 Å². The molecule has 1 rings (SSSR count). The lowest BCUT2D eigenvalue weighted by atomic mass is 10.4. The van der Waals surface area contributed by atoms with Gasteiger partial charge >= 0.3 is 0 Å². The highest BCUT2D eigenvalue weighted by Crippen LogP contribution is 2.04. The Morgan fingerprint density at radius 1 is 1.23 bits per heavy atom. The maximum atomic E-state index is 5.41. The minimum atomic E-state index is 0.819. The van der Waals surface area contributed by atoms with Gasteiger partial charge in [0.25, 0.3) is 0 Å². The Hall–Kier alpha value is -0.800. The van der Waals surface area contributed by atoms with Crippen molar-refractivity contribution in [3.8, 4) is 0 Å². The van der Waals surface area contributed by atoms with Gasteiger partial charge in [0.05, 0.1) is 6.54 Å². The molecule has 0 bridgehead atoms. The molecule has 0 spiro atoms. The quantitative estimate of drug-likeness (QED) is 0.651. The third-order valence-corrected chi connectivity index (χ3v) is 1.82. The van der Waals surface area contributed by atoms with Gasteiger partial charge in [-0.1, -0.05) is 6.92 Å². The van der Waals surface area contributed by atoms with Crippen LogP contribution in [0.1, 0.15) is 18.4 Å². The number of aryl methyl sites for hydroxylation is 1. The molecule has 0 saturated heterocycles. The van der Waals surface area contributed by atoms with Gasteiger partial charge in [0.2, 0.25) is 0 Å². The van der Waals surface area contributed by atoms with E-state index in [0.717, 1.165) is 37.7 Å². The van der Waals surface area contributed by atoms with Gasteiger partial charge in [0.1, 0.15) is 11.5 Å². The molecule has 2 N–H and O–H groups in total. The Morgan fingerprint density at radius 2 is 2.00 bits per heavy atom. The lowest BCUT2D eigenvalue weighted by molar-refractivity contribution is 0.460. The molecular formula is C10H18N2O. The average molecular weight is 182 g/mol. The molecule has 0 saturated carbocycles. The highest BCUT2D eigenvalue weighted by molar-refractivity contribution is 5.04. The van der Waals surface area contributed by atoms with Gasteiger partial charge in [-0.3, -0.25) is 0 Å². The van der Waals surface area contributed by atoms with E-state index in [9.17, 15) is 0 Å². The van der Waals surface area contributed by atoms with Crippen molar-refractivity contribution in [1.82, 2.24) is 10.6 Å². The summed E-state index contributed by atoms with van der Waals surface area (Å²) in [5, 5.41) is 6.54. The molecule has 0 amide bonds. The molecule has 3 nitrogen and oxygen atoms in total. The van der Waals surface area contributed by atoms with Gasteiger partial charge in [-0.2, -0.15) is 0 Å². The molecule has 1 aromatic rings. The van der Waals surface area contributed by atoms with Gasteiger partial charge < -0.3 is 15.1 Å². The second-order valence-corrected chi connectivity index (χ2v) is 3.04. The smallest absolute Gasteiger partial charge is 0.117 e. The van der Waals surface area contributed by atoms with Gasteiger partial charge in [-0.05, 0) is 25.6 Å². The number of hydrogen-bond donors (Lipinski definition) is 2. The molecule has 1 aromatic heterocycles. The lowest BCUT2D eigenvalue weighted by Gasteiger charge is -2.02. The Kier molecular flexibility index (Phi) is 4.57. The number of rotatable bonds is 6. The van der Waals surface area contributed by atoms with Crippen molar-refractivity contribution in [2.75, 3.05) is 19.6 Å². The van der Waals surface area contributed by atoms with Crippen molar-refractivity contribution in [3.63, 3.8) is 0 Å². The Labute approximate surface area is 79.5 Å². The summed E-state index contributed by atoms with van der Waals surface area (Å²) in [7, 11) is 0. The SMILES string of the molecule is CCNCCNCc1ccc(C)o1. The summed E-state index contributed by atoms with van der Waals surface area (Å²) < 4.78 is 5.41. The lowest BCUT2D eigenvalue weighted by Crippen LogP contribution is -2.26. The zero-order valence-electron chi connectivity index (χ0n) is 8.39. The largest absolute Gasteiger partial charge is 0.465 e. The van der Waals surface area contributed by atoms with Gasteiger partial charge in [0.15, 0.2) is 0 Å². The average Bonchev–Trinajstić information content (AvgIpc) is 2.51. The first-order chi connectivity index (χ1) is 6.33. The van der Waals surface area contributed by atoms with Crippen molar-refractivity contribution in [1.29, 1.82) is 0 Å². The van der Waals surface area contributed by atoms with Crippen molar-refractivity contribution in [3.05, 3.63) is 23.7 Å². The van der Waals surface area contributed by atoms with Crippen molar-refractivity contribution < 1.29 is 4.42 Å². The molecule has 1 heterocycles. The van der Waals surface area contributed by atoms with E-state index in [1.165, 1.54) is 0 Å². The van der Waals surface area contributed by atoms with Crippen LogP contribution >= 0.6 is 0 Å². The number of furan rings is 1. The predicted molar refractivity (Wildman–Crippen MR) is 53.7 cm³/mol. The Bertz CT molecular complexity index is 233. The predicted octanol–water partition coefficient (Wildman–Crippen LogP) is 1.29. The summed E-state index contributed by atoms with van der Waals surface area (Å²) in [5.74, 6) is 1.98. The molecular weight excluding hydrogens is 164 g/mol.